The Bertz CT molecular complexity index is 1500. The predicted octanol–water partition coefficient (Wildman–Crippen LogP) is 3.42. The maximum absolute atomic E-state index is 13.8. The first-order chi connectivity index (χ1) is 18.3. The minimum atomic E-state index is -4.72. The van der Waals surface area contributed by atoms with Gasteiger partial charge in [-0.05, 0) is 42.8 Å². The number of carbonyl (C=O) groups excluding carboxylic acids is 1. The van der Waals surface area contributed by atoms with Crippen LogP contribution in [0, 0.1) is 0 Å². The number of amides is 1. The van der Waals surface area contributed by atoms with Crippen molar-refractivity contribution >= 4 is 15.7 Å². The van der Waals surface area contributed by atoms with E-state index in [1.807, 2.05) is 6.92 Å². The van der Waals surface area contributed by atoms with E-state index in [9.17, 15) is 36.3 Å². The fraction of sp³-hybridized carbons (Fsp3) is 0.320. The summed E-state index contributed by atoms with van der Waals surface area (Å²) in [7, 11) is -2.02. The Morgan fingerprint density at radius 1 is 1.08 bits per heavy atom. The molecule has 39 heavy (non-hydrogen) atoms. The van der Waals surface area contributed by atoms with Crippen LogP contribution in [0.1, 0.15) is 35.9 Å². The number of aryl methyl sites for hydroxylation is 1. The maximum atomic E-state index is 13.8. The minimum Gasteiger partial charge on any atom is -0.494 e. The average Bonchev–Trinajstić information content (AvgIpc) is 2.89. The summed E-state index contributed by atoms with van der Waals surface area (Å²) < 4.78 is 76.0. The van der Waals surface area contributed by atoms with Gasteiger partial charge in [0.05, 0.1) is 19.1 Å². The molecule has 14 heteroatoms. The summed E-state index contributed by atoms with van der Waals surface area (Å²) in [5.74, 6) is -1.67. The van der Waals surface area contributed by atoms with Crippen LogP contribution in [0.3, 0.4) is 0 Å². The molecule has 0 spiro atoms. The van der Waals surface area contributed by atoms with Crippen molar-refractivity contribution in [3.63, 3.8) is 0 Å². The van der Waals surface area contributed by atoms with Gasteiger partial charge in [0, 0.05) is 12.0 Å². The number of carbonyl (C=O) groups is 1. The van der Waals surface area contributed by atoms with E-state index in [1.165, 1.54) is 26.4 Å². The van der Waals surface area contributed by atoms with Crippen LogP contribution in [0.25, 0.3) is 5.69 Å². The lowest BCUT2D eigenvalue weighted by atomic mass is 10.2. The van der Waals surface area contributed by atoms with Crippen LogP contribution in [0.2, 0.25) is 0 Å². The van der Waals surface area contributed by atoms with E-state index in [-0.39, 0.29) is 35.0 Å². The van der Waals surface area contributed by atoms with Crippen LogP contribution in [-0.4, -0.2) is 55.9 Å². The summed E-state index contributed by atoms with van der Waals surface area (Å²) in [6.45, 7) is 0.333. The molecule has 0 unspecified atom stereocenters. The number of hydrogen-bond donors (Lipinski definition) is 2. The van der Waals surface area contributed by atoms with Gasteiger partial charge in [-0.1, -0.05) is 19.4 Å². The number of unbranched alkanes of at least 4 members (excludes halogenated alkanes) is 1. The number of hydrogen-bond acceptors (Lipinski definition) is 8. The standard InChI is InChI=1S/C25H26F3N3O7S/c1-4-5-9-19-30-23(33)21(24(34)31(19)20-17(37-2)7-6-8-18(20)38-3)39(35,36)16-12-10-15(11-13-16)22(32)29-14-25(26,27)28/h6-8,10-13,33H,4-5,9,14H2,1-3H3,(H,29,32). The third-order valence-corrected chi connectivity index (χ3v) is 7.41. The van der Waals surface area contributed by atoms with Crippen LogP contribution < -0.4 is 20.3 Å². The van der Waals surface area contributed by atoms with Crippen molar-refractivity contribution in [1.82, 2.24) is 14.9 Å². The lowest BCUT2D eigenvalue weighted by molar-refractivity contribution is -0.123. The van der Waals surface area contributed by atoms with Crippen LogP contribution >= 0.6 is 0 Å². The second kappa shape index (κ2) is 11.8. The zero-order valence-electron chi connectivity index (χ0n) is 21.2. The Hall–Kier alpha value is -4.07. The van der Waals surface area contributed by atoms with Gasteiger partial charge >= 0.3 is 6.18 Å². The number of rotatable bonds is 10. The zero-order chi connectivity index (χ0) is 29.0. The molecule has 210 valence electrons. The molecular formula is C25H26F3N3O7S. The van der Waals surface area contributed by atoms with Crippen LogP contribution in [0.5, 0.6) is 17.4 Å². The van der Waals surface area contributed by atoms with Crippen molar-refractivity contribution in [1.29, 1.82) is 0 Å². The van der Waals surface area contributed by atoms with E-state index >= 15 is 0 Å². The Balaban J connectivity index is 2.18. The molecule has 0 bridgehead atoms. The van der Waals surface area contributed by atoms with Crippen molar-refractivity contribution in [2.75, 3.05) is 20.8 Å². The van der Waals surface area contributed by atoms with Crippen molar-refractivity contribution in [2.45, 2.75) is 42.2 Å². The Kier molecular flexibility index (Phi) is 8.89. The number of nitrogens with zero attached hydrogens (tertiary/aromatic N) is 2. The number of alkyl halides is 3. The Labute approximate surface area is 221 Å². The highest BCUT2D eigenvalue weighted by atomic mass is 32.2. The summed E-state index contributed by atoms with van der Waals surface area (Å²) in [4.78, 5) is 28.3. The average molecular weight is 570 g/mol. The number of aromatic hydroxyl groups is 1. The van der Waals surface area contributed by atoms with Gasteiger partial charge in [-0.2, -0.15) is 18.2 Å². The molecule has 1 heterocycles. The normalized spacial score (nSPS) is 11.7. The molecule has 3 aromatic rings. The smallest absolute Gasteiger partial charge is 0.405 e. The van der Waals surface area contributed by atoms with Gasteiger partial charge in [0.25, 0.3) is 11.5 Å². The van der Waals surface area contributed by atoms with Crippen LogP contribution in [0.4, 0.5) is 13.2 Å². The molecule has 0 aliphatic rings. The first-order valence-electron chi connectivity index (χ1n) is 11.6. The largest absolute Gasteiger partial charge is 0.494 e. The Morgan fingerprint density at radius 2 is 1.67 bits per heavy atom. The van der Waals surface area contributed by atoms with E-state index in [2.05, 4.69) is 4.98 Å². The molecule has 0 atom stereocenters. The van der Waals surface area contributed by atoms with Crippen molar-refractivity contribution in [3.8, 4) is 23.1 Å². The molecular weight excluding hydrogens is 543 g/mol. The number of methoxy groups -OCH3 is 2. The highest BCUT2D eigenvalue weighted by molar-refractivity contribution is 7.91. The molecule has 0 aliphatic heterocycles. The SMILES string of the molecule is CCCCc1nc(O)c(S(=O)(=O)c2ccc(C(=O)NCC(F)(F)F)cc2)c(=O)n1-c1c(OC)cccc1OC. The second-order valence-electron chi connectivity index (χ2n) is 8.26. The highest BCUT2D eigenvalue weighted by Crippen LogP contribution is 2.34. The molecule has 0 aliphatic carbocycles. The lowest BCUT2D eigenvalue weighted by Crippen LogP contribution is -2.33. The van der Waals surface area contributed by atoms with Gasteiger partial charge in [0.1, 0.15) is 29.6 Å². The fourth-order valence-corrected chi connectivity index (χ4v) is 5.08. The summed E-state index contributed by atoms with van der Waals surface area (Å²) in [5, 5.41) is 12.3. The Morgan fingerprint density at radius 3 is 2.18 bits per heavy atom. The quantitative estimate of drug-likeness (QED) is 0.379. The predicted molar refractivity (Wildman–Crippen MR) is 133 cm³/mol. The van der Waals surface area contributed by atoms with E-state index in [0.29, 0.717) is 12.8 Å². The molecule has 2 N–H and O–H groups in total. The van der Waals surface area contributed by atoms with E-state index in [4.69, 9.17) is 9.47 Å². The summed E-state index contributed by atoms with van der Waals surface area (Å²) in [6, 6.07) is 8.54. The number of aromatic nitrogens is 2. The maximum Gasteiger partial charge on any atom is 0.405 e. The number of halogens is 3. The van der Waals surface area contributed by atoms with Gasteiger partial charge in [-0.15, -0.1) is 0 Å². The van der Waals surface area contributed by atoms with Gasteiger partial charge in [-0.3, -0.25) is 14.2 Å². The molecule has 0 saturated carbocycles. The molecule has 1 aromatic heterocycles. The van der Waals surface area contributed by atoms with E-state index in [1.54, 1.807) is 11.4 Å². The molecule has 3 rings (SSSR count). The first-order valence-corrected chi connectivity index (χ1v) is 13.1. The molecule has 0 fully saturated rings. The van der Waals surface area contributed by atoms with Gasteiger partial charge in [0.15, 0.2) is 4.90 Å². The topological polar surface area (TPSA) is 137 Å². The monoisotopic (exact) mass is 569 g/mol. The zero-order valence-corrected chi connectivity index (χ0v) is 22.0. The number of nitrogens with one attached hydrogen (secondary N) is 1. The summed E-state index contributed by atoms with van der Waals surface area (Å²) in [6.07, 6.45) is -3.14. The van der Waals surface area contributed by atoms with Gasteiger partial charge < -0.3 is 19.9 Å². The van der Waals surface area contributed by atoms with Crippen LogP contribution in [0.15, 0.2) is 57.1 Å². The van der Waals surface area contributed by atoms with Gasteiger partial charge in [-0.25, -0.2) is 8.42 Å². The van der Waals surface area contributed by atoms with Crippen LogP contribution in [-0.2, 0) is 16.3 Å². The molecule has 10 nitrogen and oxygen atoms in total. The minimum absolute atomic E-state index is 0.0674. The lowest BCUT2D eigenvalue weighted by Gasteiger charge is -2.19. The summed E-state index contributed by atoms with van der Waals surface area (Å²) >= 11 is 0. The summed E-state index contributed by atoms with van der Waals surface area (Å²) in [5.41, 5.74) is -1.28. The fourth-order valence-electron chi connectivity index (χ4n) is 3.74. The van der Waals surface area contributed by atoms with Crippen molar-refractivity contribution in [3.05, 3.63) is 64.2 Å². The van der Waals surface area contributed by atoms with E-state index < -0.39 is 49.7 Å². The van der Waals surface area contributed by atoms with Crippen molar-refractivity contribution in [2.24, 2.45) is 0 Å². The third-order valence-electron chi connectivity index (χ3n) is 5.62. The van der Waals surface area contributed by atoms with E-state index in [0.717, 1.165) is 28.8 Å². The van der Waals surface area contributed by atoms with Gasteiger partial charge in [0.2, 0.25) is 15.7 Å². The molecule has 1 amide bonds. The second-order valence-corrected chi connectivity index (χ2v) is 10.1. The molecule has 2 aromatic carbocycles. The van der Waals surface area contributed by atoms with Crippen molar-refractivity contribution < 1.29 is 41.0 Å². The first kappa shape index (κ1) is 29.5. The third kappa shape index (κ3) is 6.33. The number of para-hydroxylation sites is 1. The number of sulfone groups is 1. The number of benzene rings is 2. The molecule has 0 radical (unpaired) electrons. The molecule has 0 saturated heterocycles. The number of ether oxygens (including phenoxy) is 2. The highest BCUT2D eigenvalue weighted by Gasteiger charge is 2.32.